The lowest BCUT2D eigenvalue weighted by molar-refractivity contribution is 0.0384. The highest BCUT2D eigenvalue weighted by Crippen LogP contribution is 2.19. The van der Waals surface area contributed by atoms with Gasteiger partial charge in [0.05, 0.1) is 10.6 Å². The van der Waals surface area contributed by atoms with E-state index in [9.17, 15) is 5.11 Å². The Morgan fingerprint density at radius 1 is 1.56 bits per heavy atom. The van der Waals surface area contributed by atoms with Crippen LogP contribution in [-0.2, 0) is 6.54 Å². The molecule has 0 aliphatic carbocycles. The molecule has 1 aromatic heterocycles. The monoisotopic (exact) mass is 261 g/mol. The van der Waals surface area contributed by atoms with Crippen LogP contribution in [0.4, 0.5) is 0 Å². The van der Waals surface area contributed by atoms with Gasteiger partial charge in [0.15, 0.2) is 0 Å². The molecule has 1 rings (SSSR count). The van der Waals surface area contributed by atoms with Crippen molar-refractivity contribution in [2.45, 2.75) is 39.3 Å². The number of hydrogen-bond donors (Lipinski definition) is 2. The summed E-state index contributed by atoms with van der Waals surface area (Å²) < 4.78 is 0. The minimum atomic E-state index is -0.630. The van der Waals surface area contributed by atoms with Crippen molar-refractivity contribution in [2.75, 3.05) is 6.54 Å². The highest BCUT2D eigenvalue weighted by molar-refractivity contribution is 7.10. The van der Waals surface area contributed by atoms with Gasteiger partial charge in [0.1, 0.15) is 0 Å². The summed E-state index contributed by atoms with van der Waals surface area (Å²) >= 11 is 7.47. The third-order valence-electron chi connectivity index (χ3n) is 2.27. The van der Waals surface area contributed by atoms with Crippen LogP contribution in [0.2, 0.25) is 5.02 Å². The number of nitrogens with one attached hydrogen (secondary N) is 1. The zero-order valence-electron chi connectivity index (χ0n) is 10.1. The van der Waals surface area contributed by atoms with E-state index in [1.807, 2.05) is 18.4 Å². The molecule has 1 unspecified atom stereocenters. The number of aliphatic hydroxyl groups is 1. The van der Waals surface area contributed by atoms with Gasteiger partial charge in [-0.05, 0) is 25.3 Å². The van der Waals surface area contributed by atoms with Gasteiger partial charge in [0, 0.05) is 23.3 Å². The maximum absolute atomic E-state index is 10.1. The van der Waals surface area contributed by atoms with Crippen molar-refractivity contribution < 1.29 is 5.11 Å². The first kappa shape index (κ1) is 14.0. The molecular formula is C12H20ClNOS. The lowest BCUT2D eigenvalue weighted by Gasteiger charge is -2.25. The van der Waals surface area contributed by atoms with Crippen LogP contribution in [0.25, 0.3) is 0 Å². The topological polar surface area (TPSA) is 32.3 Å². The Balaban J connectivity index is 2.29. The van der Waals surface area contributed by atoms with Crippen molar-refractivity contribution >= 4 is 22.9 Å². The third-order valence-corrected chi connectivity index (χ3v) is 3.56. The normalized spacial score (nSPS) is 15.4. The predicted molar refractivity (Wildman–Crippen MR) is 71.1 cm³/mol. The maximum atomic E-state index is 10.1. The Kier molecular flexibility index (Phi) is 5.25. The summed E-state index contributed by atoms with van der Waals surface area (Å²) in [5, 5.41) is 16.1. The summed E-state index contributed by atoms with van der Waals surface area (Å²) in [5.74, 6) is 0.507. The molecule has 0 saturated carbocycles. The molecule has 4 heteroatoms. The van der Waals surface area contributed by atoms with Crippen molar-refractivity contribution in [1.82, 2.24) is 5.32 Å². The fraction of sp³-hybridized carbons (Fsp3) is 0.667. The van der Waals surface area contributed by atoms with Crippen molar-refractivity contribution in [3.05, 3.63) is 21.3 Å². The summed E-state index contributed by atoms with van der Waals surface area (Å²) in [6.45, 7) is 7.49. The minimum absolute atomic E-state index is 0.507. The molecule has 1 atom stereocenters. The van der Waals surface area contributed by atoms with Crippen LogP contribution in [0.3, 0.4) is 0 Å². The average molecular weight is 262 g/mol. The van der Waals surface area contributed by atoms with Crippen LogP contribution in [0.5, 0.6) is 0 Å². The predicted octanol–water partition coefficient (Wildman–Crippen LogP) is 3.29. The van der Waals surface area contributed by atoms with E-state index in [4.69, 9.17) is 11.6 Å². The molecule has 2 N–H and O–H groups in total. The summed E-state index contributed by atoms with van der Waals surface area (Å²) in [7, 11) is 0. The molecule has 1 heterocycles. The smallest absolute Gasteiger partial charge is 0.0746 e. The molecule has 1 aromatic rings. The number of hydrogen-bond acceptors (Lipinski definition) is 3. The average Bonchev–Trinajstić information content (AvgIpc) is 2.48. The van der Waals surface area contributed by atoms with Crippen LogP contribution in [0, 0.1) is 5.92 Å². The lowest BCUT2D eigenvalue weighted by atomic mass is 9.94. The minimum Gasteiger partial charge on any atom is -0.389 e. The Morgan fingerprint density at radius 2 is 2.25 bits per heavy atom. The first-order valence-electron chi connectivity index (χ1n) is 5.55. The first-order valence-corrected chi connectivity index (χ1v) is 6.81. The second-order valence-electron chi connectivity index (χ2n) is 4.93. The first-order chi connectivity index (χ1) is 7.39. The van der Waals surface area contributed by atoms with Crippen LogP contribution in [0.15, 0.2) is 11.4 Å². The quantitative estimate of drug-likeness (QED) is 0.824. The third kappa shape index (κ3) is 5.30. The van der Waals surface area contributed by atoms with Gasteiger partial charge in [-0.25, -0.2) is 0 Å². The Bertz CT molecular complexity index is 323. The van der Waals surface area contributed by atoms with E-state index in [0.29, 0.717) is 12.5 Å². The summed E-state index contributed by atoms with van der Waals surface area (Å²) in [6, 6.07) is 1.95. The van der Waals surface area contributed by atoms with Gasteiger partial charge in [-0.1, -0.05) is 25.4 Å². The largest absolute Gasteiger partial charge is 0.389 e. The van der Waals surface area contributed by atoms with Gasteiger partial charge in [-0.15, -0.1) is 11.3 Å². The van der Waals surface area contributed by atoms with E-state index in [0.717, 1.165) is 18.0 Å². The molecule has 0 aliphatic rings. The van der Waals surface area contributed by atoms with Crippen LogP contribution in [0.1, 0.15) is 32.1 Å². The molecule has 2 nitrogen and oxygen atoms in total. The second-order valence-corrected chi connectivity index (χ2v) is 6.36. The van der Waals surface area contributed by atoms with Gasteiger partial charge in [0.2, 0.25) is 0 Å². The van der Waals surface area contributed by atoms with Gasteiger partial charge in [0.25, 0.3) is 0 Å². The number of rotatable bonds is 6. The van der Waals surface area contributed by atoms with Crippen molar-refractivity contribution in [2.24, 2.45) is 5.92 Å². The standard InChI is InChI=1S/C12H20ClNOS/c1-9(2)5-12(3,15)8-14-6-11-4-10(13)7-16-11/h4,7,9,14-15H,5-6,8H2,1-3H3. The van der Waals surface area contributed by atoms with E-state index in [-0.39, 0.29) is 0 Å². The molecule has 0 saturated heterocycles. The zero-order valence-corrected chi connectivity index (χ0v) is 11.7. The fourth-order valence-electron chi connectivity index (χ4n) is 1.85. The highest BCUT2D eigenvalue weighted by Gasteiger charge is 2.21. The second kappa shape index (κ2) is 6.01. The Hall–Kier alpha value is -0.0900. The van der Waals surface area contributed by atoms with Gasteiger partial charge in [-0.3, -0.25) is 0 Å². The molecule has 0 spiro atoms. The Morgan fingerprint density at radius 3 is 2.75 bits per heavy atom. The molecule has 0 aliphatic heterocycles. The zero-order chi connectivity index (χ0) is 12.2. The van der Waals surface area contributed by atoms with Crippen molar-refractivity contribution in [1.29, 1.82) is 0 Å². The van der Waals surface area contributed by atoms with Crippen LogP contribution >= 0.6 is 22.9 Å². The summed E-state index contributed by atoms with van der Waals surface area (Å²) in [4.78, 5) is 1.20. The van der Waals surface area contributed by atoms with Gasteiger partial charge in [-0.2, -0.15) is 0 Å². The molecule has 0 fully saturated rings. The molecular weight excluding hydrogens is 242 g/mol. The Labute approximate surface area is 107 Å². The summed E-state index contributed by atoms with van der Waals surface area (Å²) in [6.07, 6.45) is 0.811. The molecule has 0 radical (unpaired) electrons. The van der Waals surface area contributed by atoms with Gasteiger partial charge >= 0.3 is 0 Å². The fourth-order valence-corrected chi connectivity index (χ4v) is 2.90. The van der Waals surface area contributed by atoms with E-state index >= 15 is 0 Å². The lowest BCUT2D eigenvalue weighted by Crippen LogP contribution is -2.38. The number of halogens is 1. The van der Waals surface area contributed by atoms with E-state index in [2.05, 4.69) is 19.2 Å². The van der Waals surface area contributed by atoms with E-state index in [1.54, 1.807) is 11.3 Å². The van der Waals surface area contributed by atoms with E-state index < -0.39 is 5.60 Å². The number of thiophene rings is 1. The maximum Gasteiger partial charge on any atom is 0.0746 e. The van der Waals surface area contributed by atoms with Gasteiger partial charge < -0.3 is 10.4 Å². The molecule has 0 amide bonds. The summed E-state index contributed by atoms with van der Waals surface area (Å²) in [5.41, 5.74) is -0.630. The van der Waals surface area contributed by atoms with Crippen LogP contribution < -0.4 is 5.32 Å². The molecule has 0 bridgehead atoms. The van der Waals surface area contributed by atoms with Crippen molar-refractivity contribution in [3.8, 4) is 0 Å². The highest BCUT2D eigenvalue weighted by atomic mass is 35.5. The molecule has 16 heavy (non-hydrogen) atoms. The SMILES string of the molecule is CC(C)CC(C)(O)CNCc1cc(Cl)cs1. The van der Waals surface area contributed by atoms with Crippen molar-refractivity contribution in [3.63, 3.8) is 0 Å². The van der Waals surface area contributed by atoms with E-state index in [1.165, 1.54) is 4.88 Å². The molecule has 92 valence electrons. The van der Waals surface area contributed by atoms with Crippen LogP contribution in [-0.4, -0.2) is 17.3 Å². The molecule has 0 aromatic carbocycles.